The maximum atomic E-state index is 2.35. The molecule has 0 amide bonds. The van der Waals surface area contributed by atoms with E-state index in [0.29, 0.717) is 0 Å². The Kier molecular flexibility index (Phi) is 2.23. The number of hydrogen-bond donors (Lipinski definition) is 0. The third kappa shape index (κ3) is 1.34. The maximum Gasteiger partial charge on any atom is 0.0630 e. The average Bonchev–Trinajstić information content (AvgIpc) is 2.47. The third-order valence-corrected chi connectivity index (χ3v) is 4.52. The molecule has 1 aromatic rings. The Morgan fingerprint density at radius 3 is 3.00 bits per heavy atom. The molecule has 0 spiro atoms. The molecule has 0 nitrogen and oxygen atoms in total. The van der Waals surface area contributed by atoms with E-state index < -0.39 is 0 Å². The summed E-state index contributed by atoms with van der Waals surface area (Å²) >= 11 is 3.84. The van der Waals surface area contributed by atoms with Gasteiger partial charge in [-0.1, -0.05) is 0 Å². The van der Waals surface area contributed by atoms with Crippen molar-refractivity contribution in [1.29, 1.82) is 0 Å². The number of aryl methyl sites for hydroxylation is 1. The fourth-order valence-electron chi connectivity index (χ4n) is 1.66. The molecule has 1 aliphatic carbocycles. The Hall–Kier alpha value is 0.0500. The molecule has 0 aliphatic heterocycles. The van der Waals surface area contributed by atoms with Gasteiger partial charge in [-0.05, 0) is 48.4 Å². The second kappa shape index (κ2) is 3.20. The van der Waals surface area contributed by atoms with Crippen molar-refractivity contribution in [3.63, 3.8) is 0 Å². The largest absolute Gasteiger partial charge is 0.137 e. The zero-order valence-corrected chi connectivity index (χ0v) is 8.36. The Morgan fingerprint density at radius 2 is 2.18 bits per heavy atom. The molecule has 2 rings (SSSR count). The van der Waals surface area contributed by atoms with E-state index in [1.807, 2.05) is 23.1 Å². The van der Waals surface area contributed by atoms with Crippen molar-refractivity contribution < 1.29 is 0 Å². The highest BCUT2D eigenvalue weighted by molar-refractivity contribution is 8.00. The number of hydrogen-bond acceptors (Lipinski definition) is 2. The minimum Gasteiger partial charge on any atom is -0.137 e. The monoisotopic (exact) mass is 184 g/mol. The predicted molar refractivity (Wildman–Crippen MR) is 52.7 cm³/mol. The predicted octanol–water partition coefficient (Wildman–Crippen LogP) is 3.35. The van der Waals surface area contributed by atoms with Crippen LogP contribution in [0.2, 0.25) is 0 Å². The van der Waals surface area contributed by atoms with Crippen molar-refractivity contribution in [3.05, 3.63) is 16.5 Å². The van der Waals surface area contributed by atoms with Crippen molar-refractivity contribution in [2.24, 2.45) is 0 Å². The fourth-order valence-corrected chi connectivity index (χ4v) is 3.55. The Balaban J connectivity index is 2.38. The SMILES string of the molecule is CSc1scc2c1CCCC2. The lowest BCUT2D eigenvalue weighted by molar-refractivity contribution is 0.683. The lowest BCUT2D eigenvalue weighted by Gasteiger charge is -2.11. The topological polar surface area (TPSA) is 0 Å². The van der Waals surface area contributed by atoms with Crippen molar-refractivity contribution in [2.75, 3.05) is 6.26 Å². The highest BCUT2D eigenvalue weighted by atomic mass is 32.2. The smallest absolute Gasteiger partial charge is 0.0630 e. The zero-order chi connectivity index (χ0) is 7.68. The Labute approximate surface area is 76.0 Å². The summed E-state index contributed by atoms with van der Waals surface area (Å²) < 4.78 is 1.56. The summed E-state index contributed by atoms with van der Waals surface area (Å²) in [7, 11) is 0. The van der Waals surface area contributed by atoms with Gasteiger partial charge in [-0.2, -0.15) is 0 Å². The highest BCUT2D eigenvalue weighted by Crippen LogP contribution is 2.35. The molecule has 0 atom stereocenters. The number of thiophene rings is 1. The van der Waals surface area contributed by atoms with E-state index in [0.717, 1.165) is 0 Å². The van der Waals surface area contributed by atoms with Gasteiger partial charge in [0.25, 0.3) is 0 Å². The average molecular weight is 184 g/mol. The highest BCUT2D eigenvalue weighted by Gasteiger charge is 2.14. The number of fused-ring (bicyclic) bond motifs is 1. The molecule has 0 N–H and O–H groups in total. The van der Waals surface area contributed by atoms with E-state index in [2.05, 4.69) is 11.6 Å². The molecule has 0 bridgehead atoms. The van der Waals surface area contributed by atoms with E-state index in [4.69, 9.17) is 0 Å². The molecule has 11 heavy (non-hydrogen) atoms. The summed E-state index contributed by atoms with van der Waals surface area (Å²) in [6, 6.07) is 0. The standard InChI is InChI=1S/C9H12S2/c1-10-9-8-5-3-2-4-7(8)6-11-9/h6H,2-5H2,1H3. The molecule has 0 fully saturated rings. The van der Waals surface area contributed by atoms with Gasteiger partial charge >= 0.3 is 0 Å². The lowest BCUT2D eigenvalue weighted by atomic mass is 9.96. The fraction of sp³-hybridized carbons (Fsp3) is 0.556. The van der Waals surface area contributed by atoms with Gasteiger partial charge in [-0.25, -0.2) is 0 Å². The summed E-state index contributed by atoms with van der Waals surface area (Å²) in [5.41, 5.74) is 3.29. The normalized spacial score (nSPS) is 16.5. The summed E-state index contributed by atoms with van der Waals surface area (Å²) in [6.07, 6.45) is 7.64. The van der Waals surface area contributed by atoms with Crippen LogP contribution in [-0.4, -0.2) is 6.26 Å². The first-order valence-electron chi connectivity index (χ1n) is 4.05. The molecule has 0 saturated heterocycles. The second-order valence-corrected chi connectivity index (χ2v) is 4.89. The van der Waals surface area contributed by atoms with Crippen LogP contribution in [0.15, 0.2) is 9.59 Å². The Bertz CT molecular complexity index is 237. The quantitative estimate of drug-likeness (QED) is 0.603. The van der Waals surface area contributed by atoms with Crippen molar-refractivity contribution in [1.82, 2.24) is 0 Å². The molecule has 60 valence electrons. The molecule has 1 heterocycles. The first-order valence-corrected chi connectivity index (χ1v) is 6.15. The van der Waals surface area contributed by atoms with Gasteiger partial charge < -0.3 is 0 Å². The lowest BCUT2D eigenvalue weighted by Crippen LogP contribution is -1.99. The molecule has 0 saturated carbocycles. The van der Waals surface area contributed by atoms with E-state index in [1.165, 1.54) is 25.7 Å². The Morgan fingerprint density at radius 1 is 1.36 bits per heavy atom. The van der Waals surface area contributed by atoms with Crippen molar-refractivity contribution >= 4 is 23.1 Å². The van der Waals surface area contributed by atoms with E-state index in [-0.39, 0.29) is 0 Å². The van der Waals surface area contributed by atoms with Gasteiger partial charge in [-0.15, -0.1) is 23.1 Å². The summed E-state index contributed by atoms with van der Waals surface area (Å²) in [6.45, 7) is 0. The molecule has 0 unspecified atom stereocenters. The van der Waals surface area contributed by atoms with Crippen molar-refractivity contribution in [3.8, 4) is 0 Å². The van der Waals surface area contributed by atoms with Crippen LogP contribution in [0.5, 0.6) is 0 Å². The molecular formula is C9H12S2. The number of rotatable bonds is 1. The first kappa shape index (κ1) is 7.69. The summed E-state index contributed by atoms with van der Waals surface area (Å²) in [5, 5.41) is 2.35. The summed E-state index contributed by atoms with van der Waals surface area (Å²) in [5.74, 6) is 0. The van der Waals surface area contributed by atoms with E-state index >= 15 is 0 Å². The van der Waals surface area contributed by atoms with Gasteiger partial charge in [0, 0.05) is 0 Å². The third-order valence-electron chi connectivity index (χ3n) is 2.25. The van der Waals surface area contributed by atoms with E-state index in [9.17, 15) is 0 Å². The van der Waals surface area contributed by atoms with Gasteiger partial charge in [-0.3, -0.25) is 0 Å². The van der Waals surface area contributed by atoms with E-state index in [1.54, 1.807) is 15.3 Å². The van der Waals surface area contributed by atoms with Crippen LogP contribution < -0.4 is 0 Å². The van der Waals surface area contributed by atoms with Gasteiger partial charge in [0.15, 0.2) is 0 Å². The molecule has 1 aliphatic rings. The molecule has 2 heteroatoms. The maximum absolute atomic E-state index is 2.35. The molecular weight excluding hydrogens is 172 g/mol. The second-order valence-electron chi connectivity index (χ2n) is 2.94. The van der Waals surface area contributed by atoms with Crippen LogP contribution in [0.4, 0.5) is 0 Å². The zero-order valence-electron chi connectivity index (χ0n) is 6.72. The number of thioether (sulfide) groups is 1. The van der Waals surface area contributed by atoms with Crippen LogP contribution in [-0.2, 0) is 12.8 Å². The van der Waals surface area contributed by atoms with Gasteiger partial charge in [0.05, 0.1) is 4.21 Å². The van der Waals surface area contributed by atoms with Crippen LogP contribution in [0, 0.1) is 0 Å². The van der Waals surface area contributed by atoms with Crippen LogP contribution in [0.1, 0.15) is 24.0 Å². The molecule has 1 aromatic heterocycles. The van der Waals surface area contributed by atoms with Crippen LogP contribution >= 0.6 is 23.1 Å². The first-order chi connectivity index (χ1) is 5.42. The van der Waals surface area contributed by atoms with Gasteiger partial charge in [0.2, 0.25) is 0 Å². The molecule has 0 radical (unpaired) electrons. The molecule has 0 aromatic carbocycles. The van der Waals surface area contributed by atoms with Crippen molar-refractivity contribution in [2.45, 2.75) is 29.9 Å². The minimum atomic E-state index is 1.33. The van der Waals surface area contributed by atoms with Crippen LogP contribution in [0.25, 0.3) is 0 Å². The van der Waals surface area contributed by atoms with Gasteiger partial charge in [0.1, 0.15) is 0 Å². The minimum absolute atomic E-state index is 1.33. The summed E-state index contributed by atoms with van der Waals surface area (Å²) in [4.78, 5) is 0. The van der Waals surface area contributed by atoms with Crippen LogP contribution in [0.3, 0.4) is 0 Å².